The molecule has 0 aromatic carbocycles. The summed E-state index contributed by atoms with van der Waals surface area (Å²) in [4.78, 5) is 22.7. The Hall–Kier alpha value is -1.06. The van der Waals surface area contributed by atoms with Gasteiger partial charge in [-0.15, -0.1) is 0 Å². The van der Waals surface area contributed by atoms with E-state index < -0.39 is 11.4 Å². The molecule has 0 aliphatic carbocycles. The third-order valence-electron chi connectivity index (χ3n) is 3.31. The maximum absolute atomic E-state index is 11.7. The molecule has 94 valence electrons. The fraction of sp³-hybridized carbons (Fsp3) is 0.833. The minimum absolute atomic E-state index is 0.00472. The molecule has 0 saturated heterocycles. The molecule has 2 N–H and O–H groups in total. The second kappa shape index (κ2) is 6.51. The Morgan fingerprint density at radius 1 is 1.25 bits per heavy atom. The monoisotopic (exact) mass is 229 g/mol. The number of hydrogen-bond donors (Lipinski definition) is 2. The molecule has 0 spiro atoms. The van der Waals surface area contributed by atoms with Crippen molar-refractivity contribution in [1.82, 2.24) is 5.32 Å². The first kappa shape index (κ1) is 14.9. The molecule has 0 radical (unpaired) electrons. The lowest BCUT2D eigenvalue weighted by Crippen LogP contribution is -2.42. The van der Waals surface area contributed by atoms with Crippen LogP contribution in [0, 0.1) is 11.3 Å². The van der Waals surface area contributed by atoms with E-state index in [2.05, 4.69) is 5.32 Å². The summed E-state index contributed by atoms with van der Waals surface area (Å²) in [6.07, 6.45) is 2.09. The minimum atomic E-state index is -0.861. The fourth-order valence-electron chi connectivity index (χ4n) is 1.44. The molecule has 4 heteroatoms. The topological polar surface area (TPSA) is 66.4 Å². The van der Waals surface area contributed by atoms with Gasteiger partial charge in [0.1, 0.15) is 0 Å². The molecule has 1 atom stereocenters. The van der Waals surface area contributed by atoms with Crippen molar-refractivity contribution in [2.75, 3.05) is 6.54 Å². The van der Waals surface area contributed by atoms with Crippen LogP contribution >= 0.6 is 0 Å². The van der Waals surface area contributed by atoms with E-state index in [0.29, 0.717) is 6.42 Å². The Morgan fingerprint density at radius 2 is 1.75 bits per heavy atom. The third-order valence-corrected chi connectivity index (χ3v) is 3.31. The average Bonchev–Trinajstić information content (AvgIpc) is 2.27. The van der Waals surface area contributed by atoms with Crippen molar-refractivity contribution in [2.24, 2.45) is 11.3 Å². The largest absolute Gasteiger partial charge is 0.481 e. The van der Waals surface area contributed by atoms with Crippen molar-refractivity contribution < 1.29 is 14.7 Å². The van der Waals surface area contributed by atoms with Crippen LogP contribution in [-0.4, -0.2) is 23.5 Å². The van der Waals surface area contributed by atoms with Crippen molar-refractivity contribution in [1.29, 1.82) is 0 Å². The van der Waals surface area contributed by atoms with E-state index in [1.54, 1.807) is 6.92 Å². The number of hydrogen-bond acceptors (Lipinski definition) is 2. The van der Waals surface area contributed by atoms with Crippen LogP contribution < -0.4 is 5.32 Å². The second-order valence-electron chi connectivity index (χ2n) is 4.45. The quantitative estimate of drug-likeness (QED) is 0.702. The molecule has 0 aromatic heterocycles. The molecule has 0 fully saturated rings. The van der Waals surface area contributed by atoms with Gasteiger partial charge in [-0.3, -0.25) is 9.59 Å². The summed E-state index contributed by atoms with van der Waals surface area (Å²) in [6.45, 7) is 7.60. The average molecular weight is 229 g/mol. The smallest absolute Gasteiger partial charge is 0.311 e. The van der Waals surface area contributed by atoms with Crippen LogP contribution in [0.25, 0.3) is 0 Å². The van der Waals surface area contributed by atoms with E-state index in [4.69, 9.17) is 5.11 Å². The summed E-state index contributed by atoms with van der Waals surface area (Å²) in [6, 6.07) is 0. The SMILES string of the molecule is CCC(CC)C(=O)NCC(C)(CC)C(=O)O. The third kappa shape index (κ3) is 3.83. The summed E-state index contributed by atoms with van der Waals surface area (Å²) >= 11 is 0. The number of amides is 1. The highest BCUT2D eigenvalue weighted by Gasteiger charge is 2.31. The van der Waals surface area contributed by atoms with Crippen LogP contribution in [0.4, 0.5) is 0 Å². The molecular weight excluding hydrogens is 206 g/mol. The van der Waals surface area contributed by atoms with E-state index in [1.807, 2.05) is 20.8 Å². The van der Waals surface area contributed by atoms with Crippen LogP contribution in [0.3, 0.4) is 0 Å². The summed E-state index contributed by atoms with van der Waals surface area (Å²) in [5.41, 5.74) is -0.859. The number of carbonyl (C=O) groups excluding carboxylic acids is 1. The minimum Gasteiger partial charge on any atom is -0.481 e. The molecule has 0 heterocycles. The predicted octanol–water partition coefficient (Wildman–Crippen LogP) is 2.04. The molecule has 16 heavy (non-hydrogen) atoms. The predicted molar refractivity (Wildman–Crippen MR) is 63.1 cm³/mol. The molecule has 0 rings (SSSR count). The van der Waals surface area contributed by atoms with Gasteiger partial charge < -0.3 is 10.4 Å². The van der Waals surface area contributed by atoms with Gasteiger partial charge in [0.25, 0.3) is 0 Å². The van der Waals surface area contributed by atoms with Crippen LogP contribution in [0.5, 0.6) is 0 Å². The van der Waals surface area contributed by atoms with E-state index in [9.17, 15) is 9.59 Å². The highest BCUT2D eigenvalue weighted by molar-refractivity contribution is 5.80. The van der Waals surface area contributed by atoms with Crippen molar-refractivity contribution >= 4 is 11.9 Å². The van der Waals surface area contributed by atoms with Crippen LogP contribution in [0.1, 0.15) is 47.0 Å². The highest BCUT2D eigenvalue weighted by atomic mass is 16.4. The Labute approximate surface area is 97.4 Å². The molecular formula is C12H23NO3. The molecule has 1 amide bonds. The second-order valence-corrected chi connectivity index (χ2v) is 4.45. The molecule has 0 bridgehead atoms. The first-order valence-electron chi connectivity index (χ1n) is 5.92. The van der Waals surface area contributed by atoms with E-state index in [-0.39, 0.29) is 18.4 Å². The number of aliphatic carboxylic acids is 1. The summed E-state index contributed by atoms with van der Waals surface area (Å²) < 4.78 is 0. The normalized spacial score (nSPS) is 14.6. The Bertz CT molecular complexity index is 249. The number of nitrogens with one attached hydrogen (secondary N) is 1. The lowest BCUT2D eigenvalue weighted by molar-refractivity contribution is -0.148. The van der Waals surface area contributed by atoms with Crippen molar-refractivity contribution in [3.63, 3.8) is 0 Å². The zero-order valence-electron chi connectivity index (χ0n) is 10.7. The standard InChI is InChI=1S/C12H23NO3/c1-5-9(6-2)10(14)13-8-12(4,7-3)11(15)16/h9H,5-8H2,1-4H3,(H,13,14)(H,15,16). The first-order chi connectivity index (χ1) is 7.41. The highest BCUT2D eigenvalue weighted by Crippen LogP contribution is 2.20. The van der Waals surface area contributed by atoms with Gasteiger partial charge in [-0.2, -0.15) is 0 Å². The molecule has 0 saturated carbocycles. The zero-order chi connectivity index (χ0) is 12.8. The number of carboxylic acids is 1. The lowest BCUT2D eigenvalue weighted by atomic mass is 9.87. The Balaban J connectivity index is 4.32. The summed E-state index contributed by atoms with van der Waals surface area (Å²) in [5, 5.41) is 11.8. The maximum Gasteiger partial charge on any atom is 0.311 e. The maximum atomic E-state index is 11.7. The summed E-state index contributed by atoms with van der Waals surface area (Å²) in [5.74, 6) is -0.902. The van der Waals surface area contributed by atoms with Gasteiger partial charge in [-0.1, -0.05) is 20.8 Å². The Morgan fingerprint density at radius 3 is 2.06 bits per heavy atom. The van der Waals surface area contributed by atoms with Gasteiger partial charge >= 0.3 is 5.97 Å². The molecule has 0 aromatic rings. The van der Waals surface area contributed by atoms with Crippen LogP contribution in [0.15, 0.2) is 0 Å². The zero-order valence-corrected chi connectivity index (χ0v) is 10.7. The van der Waals surface area contributed by atoms with E-state index in [0.717, 1.165) is 12.8 Å². The van der Waals surface area contributed by atoms with Crippen LogP contribution in [-0.2, 0) is 9.59 Å². The van der Waals surface area contributed by atoms with Gasteiger partial charge in [0.15, 0.2) is 0 Å². The molecule has 0 aliphatic rings. The van der Waals surface area contributed by atoms with Gasteiger partial charge in [0, 0.05) is 12.5 Å². The summed E-state index contributed by atoms with van der Waals surface area (Å²) in [7, 11) is 0. The Kier molecular flexibility index (Phi) is 6.08. The van der Waals surface area contributed by atoms with Crippen molar-refractivity contribution in [2.45, 2.75) is 47.0 Å². The van der Waals surface area contributed by atoms with Gasteiger partial charge in [-0.25, -0.2) is 0 Å². The first-order valence-corrected chi connectivity index (χ1v) is 5.92. The number of rotatable bonds is 7. The van der Waals surface area contributed by atoms with Gasteiger partial charge in [0.2, 0.25) is 5.91 Å². The van der Waals surface area contributed by atoms with Crippen molar-refractivity contribution in [3.05, 3.63) is 0 Å². The molecule has 1 unspecified atom stereocenters. The number of carboxylic acid groups (broad SMARTS) is 1. The fourth-order valence-corrected chi connectivity index (χ4v) is 1.44. The number of carbonyl (C=O) groups is 2. The lowest BCUT2D eigenvalue weighted by Gasteiger charge is -2.24. The van der Waals surface area contributed by atoms with E-state index in [1.165, 1.54) is 0 Å². The molecule has 4 nitrogen and oxygen atoms in total. The van der Waals surface area contributed by atoms with Gasteiger partial charge in [0.05, 0.1) is 5.41 Å². The van der Waals surface area contributed by atoms with Crippen LogP contribution in [0.2, 0.25) is 0 Å². The van der Waals surface area contributed by atoms with E-state index >= 15 is 0 Å². The molecule has 0 aliphatic heterocycles. The van der Waals surface area contributed by atoms with Gasteiger partial charge in [-0.05, 0) is 26.2 Å². The van der Waals surface area contributed by atoms with Crippen molar-refractivity contribution in [3.8, 4) is 0 Å².